The van der Waals surface area contributed by atoms with E-state index in [1.54, 1.807) is 24.3 Å². The van der Waals surface area contributed by atoms with Crippen molar-refractivity contribution in [1.82, 2.24) is 5.16 Å². The molecule has 3 aromatic rings. The Labute approximate surface area is 168 Å². The van der Waals surface area contributed by atoms with Crippen LogP contribution < -0.4 is 9.47 Å². The Morgan fingerprint density at radius 3 is 2.57 bits per heavy atom. The molecule has 0 fully saturated rings. The van der Waals surface area contributed by atoms with Gasteiger partial charge in [0, 0.05) is 10.6 Å². The van der Waals surface area contributed by atoms with E-state index in [1.807, 2.05) is 32.0 Å². The summed E-state index contributed by atoms with van der Waals surface area (Å²) in [5, 5.41) is 4.45. The number of rotatable bonds is 7. The third-order valence-electron chi connectivity index (χ3n) is 4.27. The zero-order chi connectivity index (χ0) is 20.1. The van der Waals surface area contributed by atoms with Gasteiger partial charge in [0.05, 0.1) is 23.9 Å². The van der Waals surface area contributed by atoms with Gasteiger partial charge in [-0.3, -0.25) is 0 Å². The maximum atomic E-state index is 12.4. The first kappa shape index (κ1) is 19.8. The highest BCUT2D eigenvalue weighted by atomic mass is 35.5. The van der Waals surface area contributed by atoms with Gasteiger partial charge in [0.15, 0.2) is 11.5 Å². The van der Waals surface area contributed by atoms with Crippen LogP contribution in [0.1, 0.15) is 32.9 Å². The Bertz CT molecular complexity index is 963. The van der Waals surface area contributed by atoms with Crippen LogP contribution in [0.3, 0.4) is 0 Å². The third-order valence-corrected chi connectivity index (χ3v) is 4.64. The predicted octanol–water partition coefficient (Wildman–Crippen LogP) is 4.89. The number of esters is 1. The van der Waals surface area contributed by atoms with Crippen molar-refractivity contribution in [1.29, 1.82) is 0 Å². The fourth-order valence-corrected chi connectivity index (χ4v) is 2.80. The maximum Gasteiger partial charge on any atom is 0.338 e. The average Bonchev–Trinajstić information content (AvgIpc) is 3.03. The van der Waals surface area contributed by atoms with E-state index < -0.39 is 5.97 Å². The number of hydrogen-bond donors (Lipinski definition) is 0. The molecule has 7 heteroatoms. The number of nitrogens with zero attached hydrogens (tertiary/aromatic N) is 1. The van der Waals surface area contributed by atoms with E-state index in [9.17, 15) is 4.79 Å². The third kappa shape index (κ3) is 4.46. The van der Waals surface area contributed by atoms with Crippen LogP contribution in [0, 0.1) is 13.8 Å². The summed E-state index contributed by atoms with van der Waals surface area (Å²) >= 11 is 6.08. The highest BCUT2D eigenvalue weighted by Crippen LogP contribution is 2.30. The Hall–Kier alpha value is -2.99. The average molecular weight is 402 g/mol. The van der Waals surface area contributed by atoms with Gasteiger partial charge in [0.1, 0.15) is 19.0 Å². The van der Waals surface area contributed by atoms with Gasteiger partial charge in [0.25, 0.3) is 0 Å². The molecule has 1 heterocycles. The first-order valence-corrected chi connectivity index (χ1v) is 9.00. The van der Waals surface area contributed by atoms with E-state index in [4.69, 9.17) is 30.3 Å². The molecule has 0 radical (unpaired) electrons. The Morgan fingerprint density at radius 2 is 1.89 bits per heavy atom. The van der Waals surface area contributed by atoms with Gasteiger partial charge in [-0.15, -0.1) is 0 Å². The van der Waals surface area contributed by atoms with Crippen LogP contribution >= 0.6 is 11.6 Å². The summed E-state index contributed by atoms with van der Waals surface area (Å²) in [6.07, 6.45) is 0. The second kappa shape index (κ2) is 8.80. The Balaban J connectivity index is 1.68. The van der Waals surface area contributed by atoms with Gasteiger partial charge in [-0.25, -0.2) is 4.79 Å². The summed E-state index contributed by atoms with van der Waals surface area (Å²) in [6.45, 7) is 4.05. The number of methoxy groups -OCH3 is 1. The van der Waals surface area contributed by atoms with Crippen LogP contribution in [-0.2, 0) is 18.0 Å². The normalized spacial score (nSPS) is 10.6. The molecule has 0 saturated heterocycles. The number of aromatic nitrogens is 1. The zero-order valence-electron chi connectivity index (χ0n) is 15.8. The van der Waals surface area contributed by atoms with Crippen molar-refractivity contribution >= 4 is 17.6 Å². The molecule has 1 aromatic heterocycles. The highest BCUT2D eigenvalue weighted by molar-refractivity contribution is 6.31. The summed E-state index contributed by atoms with van der Waals surface area (Å²) in [4.78, 5) is 12.4. The molecule has 3 rings (SSSR count). The van der Waals surface area contributed by atoms with Crippen molar-refractivity contribution in [2.75, 3.05) is 7.11 Å². The molecule has 0 aliphatic carbocycles. The first-order chi connectivity index (χ1) is 13.5. The summed E-state index contributed by atoms with van der Waals surface area (Å²) < 4.78 is 21.6. The van der Waals surface area contributed by atoms with Gasteiger partial charge < -0.3 is 18.7 Å². The number of benzene rings is 2. The smallest absolute Gasteiger partial charge is 0.338 e. The lowest BCUT2D eigenvalue weighted by atomic mass is 10.2. The van der Waals surface area contributed by atoms with Gasteiger partial charge in [-0.2, -0.15) is 0 Å². The fourth-order valence-electron chi connectivity index (χ4n) is 2.61. The zero-order valence-corrected chi connectivity index (χ0v) is 16.6. The minimum atomic E-state index is -0.476. The van der Waals surface area contributed by atoms with Crippen LogP contribution in [0.15, 0.2) is 47.0 Å². The largest absolute Gasteiger partial charge is 0.493 e. The quantitative estimate of drug-likeness (QED) is 0.525. The number of ether oxygens (including phenoxy) is 3. The van der Waals surface area contributed by atoms with E-state index >= 15 is 0 Å². The monoisotopic (exact) mass is 401 g/mol. The minimum absolute atomic E-state index is 0.0884. The molecule has 0 atom stereocenters. The summed E-state index contributed by atoms with van der Waals surface area (Å²) in [5.41, 5.74) is 2.75. The van der Waals surface area contributed by atoms with Gasteiger partial charge in [-0.05, 0) is 38.1 Å². The molecule has 0 saturated carbocycles. The van der Waals surface area contributed by atoms with Crippen molar-refractivity contribution < 1.29 is 23.5 Å². The number of carbonyl (C=O) groups excluding carboxylic acids is 1. The molecular weight excluding hydrogens is 382 g/mol. The van der Waals surface area contributed by atoms with E-state index in [1.165, 1.54) is 7.11 Å². The number of halogens is 1. The lowest BCUT2D eigenvalue weighted by molar-refractivity contribution is 0.0472. The Morgan fingerprint density at radius 1 is 1.11 bits per heavy atom. The molecule has 28 heavy (non-hydrogen) atoms. The number of hydrogen-bond acceptors (Lipinski definition) is 6. The van der Waals surface area contributed by atoms with Crippen molar-refractivity contribution in [3.63, 3.8) is 0 Å². The van der Waals surface area contributed by atoms with E-state index in [2.05, 4.69) is 5.16 Å². The topological polar surface area (TPSA) is 70.8 Å². The summed E-state index contributed by atoms with van der Waals surface area (Å²) in [6, 6.07) is 12.1. The van der Waals surface area contributed by atoms with Gasteiger partial charge in [0.2, 0.25) is 0 Å². The number of carbonyl (C=O) groups is 1. The van der Waals surface area contributed by atoms with Crippen molar-refractivity contribution in [2.24, 2.45) is 0 Å². The van der Waals surface area contributed by atoms with Crippen LogP contribution in [0.5, 0.6) is 11.5 Å². The second-order valence-electron chi connectivity index (χ2n) is 6.12. The van der Waals surface area contributed by atoms with Crippen molar-refractivity contribution in [2.45, 2.75) is 27.1 Å². The molecule has 0 aliphatic rings. The van der Waals surface area contributed by atoms with Crippen LogP contribution in [0.25, 0.3) is 0 Å². The molecule has 2 aromatic carbocycles. The summed E-state index contributed by atoms with van der Waals surface area (Å²) in [5.74, 6) is 1.16. The van der Waals surface area contributed by atoms with Crippen LogP contribution in [0.4, 0.5) is 0 Å². The molecular formula is C21H20ClNO5. The standard InChI is InChI=1S/C21H20ClNO5/c1-13-17(14(2)28-23-13)12-26-19-9-8-15(10-20(19)25-3)21(24)27-11-16-6-4-5-7-18(16)22/h4-10H,11-12H2,1-3H3. The lowest BCUT2D eigenvalue weighted by Gasteiger charge is -2.12. The molecule has 6 nitrogen and oxygen atoms in total. The summed E-state index contributed by atoms with van der Waals surface area (Å²) in [7, 11) is 1.51. The number of aryl methyl sites for hydroxylation is 2. The first-order valence-electron chi connectivity index (χ1n) is 8.62. The second-order valence-corrected chi connectivity index (χ2v) is 6.53. The molecule has 0 aliphatic heterocycles. The fraction of sp³-hybridized carbons (Fsp3) is 0.238. The minimum Gasteiger partial charge on any atom is -0.493 e. The molecule has 146 valence electrons. The molecule has 0 bridgehead atoms. The molecule has 0 unspecified atom stereocenters. The van der Waals surface area contributed by atoms with Gasteiger partial charge >= 0.3 is 5.97 Å². The van der Waals surface area contributed by atoms with Crippen LogP contribution in [0.2, 0.25) is 5.02 Å². The van der Waals surface area contributed by atoms with Crippen molar-refractivity contribution in [3.05, 3.63) is 75.6 Å². The van der Waals surface area contributed by atoms with E-state index in [-0.39, 0.29) is 13.2 Å². The van der Waals surface area contributed by atoms with E-state index in [0.29, 0.717) is 27.8 Å². The maximum absolute atomic E-state index is 12.4. The lowest BCUT2D eigenvalue weighted by Crippen LogP contribution is -2.06. The highest BCUT2D eigenvalue weighted by Gasteiger charge is 2.15. The Kier molecular flexibility index (Phi) is 6.21. The molecule has 0 amide bonds. The van der Waals surface area contributed by atoms with E-state index in [0.717, 1.165) is 16.8 Å². The molecule has 0 N–H and O–H groups in total. The predicted molar refractivity (Wildman–Crippen MR) is 104 cm³/mol. The molecule has 0 spiro atoms. The van der Waals surface area contributed by atoms with Crippen LogP contribution in [-0.4, -0.2) is 18.2 Å². The SMILES string of the molecule is COc1cc(C(=O)OCc2ccccc2Cl)ccc1OCc1c(C)noc1C. The van der Waals surface area contributed by atoms with Crippen molar-refractivity contribution in [3.8, 4) is 11.5 Å². The van der Waals surface area contributed by atoms with Gasteiger partial charge in [-0.1, -0.05) is 35.0 Å².